The van der Waals surface area contributed by atoms with Gasteiger partial charge >= 0.3 is 6.09 Å². The highest BCUT2D eigenvalue weighted by Crippen LogP contribution is 2.08. The summed E-state index contributed by atoms with van der Waals surface area (Å²) < 4.78 is 9.81. The molecule has 1 aromatic rings. The molecule has 6 heteroatoms. The summed E-state index contributed by atoms with van der Waals surface area (Å²) in [6.45, 7) is 2.40. The first-order valence-electron chi connectivity index (χ1n) is 5.93. The average molecular weight is 266 g/mol. The zero-order valence-electron chi connectivity index (χ0n) is 11.0. The summed E-state index contributed by atoms with van der Waals surface area (Å²) in [6.07, 6.45) is -0.666. The third-order valence-electron chi connectivity index (χ3n) is 2.29. The average Bonchev–Trinajstić information content (AvgIpc) is 2.39. The fraction of sp³-hybridized carbons (Fsp3) is 0.385. The van der Waals surface area contributed by atoms with E-state index in [0.29, 0.717) is 18.9 Å². The van der Waals surface area contributed by atoms with E-state index < -0.39 is 12.1 Å². The molecule has 0 aliphatic heterocycles. The van der Waals surface area contributed by atoms with Crippen molar-refractivity contribution < 1.29 is 19.1 Å². The molecule has 0 heterocycles. The maximum atomic E-state index is 11.6. The van der Waals surface area contributed by atoms with Crippen LogP contribution in [0.2, 0.25) is 0 Å². The molecule has 1 aromatic carbocycles. The molecule has 0 bridgehead atoms. The minimum atomic E-state index is -0.673. The van der Waals surface area contributed by atoms with E-state index in [-0.39, 0.29) is 5.91 Å². The van der Waals surface area contributed by atoms with Crippen molar-refractivity contribution >= 4 is 12.0 Å². The van der Waals surface area contributed by atoms with E-state index >= 15 is 0 Å². The highest BCUT2D eigenvalue weighted by atomic mass is 16.6. The summed E-state index contributed by atoms with van der Waals surface area (Å²) in [5, 5.41) is 5.06. The van der Waals surface area contributed by atoms with Crippen LogP contribution in [0.15, 0.2) is 30.3 Å². The molecule has 1 unspecified atom stereocenters. The summed E-state index contributed by atoms with van der Waals surface area (Å²) in [5.41, 5.74) is 0. The van der Waals surface area contributed by atoms with Gasteiger partial charge in [-0.25, -0.2) is 4.79 Å². The molecule has 0 saturated carbocycles. The van der Waals surface area contributed by atoms with E-state index in [2.05, 4.69) is 10.6 Å². The van der Waals surface area contributed by atoms with Crippen molar-refractivity contribution in [2.24, 2.45) is 0 Å². The van der Waals surface area contributed by atoms with Crippen LogP contribution in [0, 0.1) is 0 Å². The van der Waals surface area contributed by atoms with Gasteiger partial charge in [-0.3, -0.25) is 4.79 Å². The summed E-state index contributed by atoms with van der Waals surface area (Å²) in [5.74, 6) is 0.133. The molecule has 0 fully saturated rings. The first-order chi connectivity index (χ1) is 9.13. The lowest BCUT2D eigenvalue weighted by atomic mass is 10.3. The van der Waals surface area contributed by atoms with E-state index in [9.17, 15) is 9.59 Å². The number of hydrogen-bond donors (Lipinski definition) is 2. The standard InChI is InChI=1S/C13H18N2O4/c1-10(12(16)14-8-9-18-2)15-13(17)19-11-6-4-3-5-7-11/h3-7,10H,8-9H2,1-2H3,(H,14,16)(H,15,17). The number of carbonyl (C=O) groups is 2. The lowest BCUT2D eigenvalue weighted by Gasteiger charge is -2.13. The Kier molecular flexibility index (Phi) is 6.38. The predicted octanol–water partition coefficient (Wildman–Crippen LogP) is 0.926. The molecule has 1 rings (SSSR count). The van der Waals surface area contributed by atoms with Gasteiger partial charge in [0.15, 0.2) is 0 Å². The van der Waals surface area contributed by atoms with Crippen LogP contribution in [-0.4, -0.2) is 38.3 Å². The number of para-hydroxylation sites is 1. The first kappa shape index (κ1) is 15.0. The third kappa shape index (κ3) is 5.87. The van der Waals surface area contributed by atoms with E-state index in [4.69, 9.17) is 9.47 Å². The second kappa shape index (κ2) is 8.10. The number of nitrogens with one attached hydrogen (secondary N) is 2. The van der Waals surface area contributed by atoms with Gasteiger partial charge in [0.1, 0.15) is 11.8 Å². The van der Waals surface area contributed by atoms with Crippen LogP contribution in [-0.2, 0) is 9.53 Å². The van der Waals surface area contributed by atoms with Gasteiger partial charge in [-0.1, -0.05) is 18.2 Å². The zero-order valence-corrected chi connectivity index (χ0v) is 11.0. The summed E-state index contributed by atoms with van der Waals surface area (Å²) in [4.78, 5) is 23.1. The van der Waals surface area contributed by atoms with E-state index in [1.165, 1.54) is 0 Å². The number of amides is 2. The SMILES string of the molecule is COCCNC(=O)C(C)NC(=O)Oc1ccccc1. The molecule has 19 heavy (non-hydrogen) atoms. The normalized spacial score (nSPS) is 11.5. The first-order valence-corrected chi connectivity index (χ1v) is 5.93. The maximum absolute atomic E-state index is 11.6. The lowest BCUT2D eigenvalue weighted by molar-refractivity contribution is -0.122. The van der Waals surface area contributed by atoms with Crippen LogP contribution in [0.25, 0.3) is 0 Å². The van der Waals surface area contributed by atoms with Gasteiger partial charge in [-0.2, -0.15) is 0 Å². The molecule has 0 aromatic heterocycles. The summed E-state index contributed by atoms with van der Waals surface area (Å²) in [7, 11) is 1.55. The summed E-state index contributed by atoms with van der Waals surface area (Å²) in [6, 6.07) is 7.96. The molecule has 0 spiro atoms. The number of carbonyl (C=O) groups excluding carboxylic acids is 2. The van der Waals surface area contributed by atoms with Crippen LogP contribution in [0.3, 0.4) is 0 Å². The number of hydrogen-bond acceptors (Lipinski definition) is 4. The Morgan fingerprint density at radius 1 is 1.26 bits per heavy atom. The minimum Gasteiger partial charge on any atom is -0.410 e. The molecular formula is C13H18N2O4. The van der Waals surface area contributed by atoms with Crippen molar-refractivity contribution in [1.29, 1.82) is 0 Å². The number of ether oxygens (including phenoxy) is 2. The zero-order chi connectivity index (χ0) is 14.1. The van der Waals surface area contributed by atoms with Crippen molar-refractivity contribution in [3.8, 4) is 5.75 Å². The van der Waals surface area contributed by atoms with E-state index in [0.717, 1.165) is 0 Å². The van der Waals surface area contributed by atoms with Crippen LogP contribution >= 0.6 is 0 Å². The Balaban J connectivity index is 2.33. The topological polar surface area (TPSA) is 76.7 Å². The van der Waals surface area contributed by atoms with Gasteiger partial charge in [0, 0.05) is 13.7 Å². The van der Waals surface area contributed by atoms with E-state index in [1.54, 1.807) is 38.3 Å². The molecule has 104 valence electrons. The van der Waals surface area contributed by atoms with Crippen LogP contribution < -0.4 is 15.4 Å². The predicted molar refractivity (Wildman–Crippen MR) is 69.9 cm³/mol. The van der Waals surface area contributed by atoms with Crippen LogP contribution in [0.1, 0.15) is 6.92 Å². The van der Waals surface area contributed by atoms with Crippen molar-refractivity contribution in [1.82, 2.24) is 10.6 Å². The monoisotopic (exact) mass is 266 g/mol. The largest absolute Gasteiger partial charge is 0.413 e. The molecule has 2 amide bonds. The third-order valence-corrected chi connectivity index (χ3v) is 2.29. The smallest absolute Gasteiger partial charge is 0.410 e. The van der Waals surface area contributed by atoms with E-state index in [1.807, 2.05) is 6.07 Å². The molecule has 0 aliphatic rings. The molecular weight excluding hydrogens is 248 g/mol. The number of methoxy groups -OCH3 is 1. The van der Waals surface area contributed by atoms with Crippen LogP contribution in [0.5, 0.6) is 5.75 Å². The molecule has 6 nitrogen and oxygen atoms in total. The molecule has 0 aliphatic carbocycles. The Bertz CT molecular complexity index is 408. The van der Waals surface area contributed by atoms with Gasteiger partial charge in [0.2, 0.25) is 5.91 Å². The fourth-order valence-electron chi connectivity index (χ4n) is 1.30. The van der Waals surface area contributed by atoms with Crippen molar-refractivity contribution in [3.05, 3.63) is 30.3 Å². The van der Waals surface area contributed by atoms with Crippen LogP contribution in [0.4, 0.5) is 4.79 Å². The lowest BCUT2D eigenvalue weighted by Crippen LogP contribution is -2.46. The minimum absolute atomic E-state index is 0.290. The number of benzene rings is 1. The highest BCUT2D eigenvalue weighted by Gasteiger charge is 2.16. The maximum Gasteiger partial charge on any atom is 0.413 e. The Morgan fingerprint density at radius 3 is 2.58 bits per heavy atom. The Labute approximate surface area is 112 Å². The van der Waals surface area contributed by atoms with Gasteiger partial charge in [-0.05, 0) is 19.1 Å². The molecule has 1 atom stereocenters. The van der Waals surface area contributed by atoms with Gasteiger partial charge < -0.3 is 20.1 Å². The highest BCUT2D eigenvalue weighted by molar-refractivity contribution is 5.85. The quantitative estimate of drug-likeness (QED) is 0.751. The second-order valence-electron chi connectivity index (χ2n) is 3.85. The number of rotatable bonds is 6. The molecule has 2 N–H and O–H groups in total. The van der Waals surface area contributed by atoms with Crippen molar-refractivity contribution in [2.75, 3.05) is 20.3 Å². The Hall–Kier alpha value is -2.08. The fourth-order valence-corrected chi connectivity index (χ4v) is 1.30. The second-order valence-corrected chi connectivity index (χ2v) is 3.85. The van der Waals surface area contributed by atoms with Gasteiger partial charge in [0.05, 0.1) is 6.61 Å². The van der Waals surface area contributed by atoms with Gasteiger partial charge in [0.25, 0.3) is 0 Å². The molecule has 0 saturated heterocycles. The van der Waals surface area contributed by atoms with Crippen molar-refractivity contribution in [2.45, 2.75) is 13.0 Å². The summed E-state index contributed by atoms with van der Waals surface area (Å²) >= 11 is 0. The molecule has 0 radical (unpaired) electrons. The van der Waals surface area contributed by atoms with Gasteiger partial charge in [-0.15, -0.1) is 0 Å². The van der Waals surface area contributed by atoms with Crippen molar-refractivity contribution in [3.63, 3.8) is 0 Å². The Morgan fingerprint density at radius 2 is 1.95 bits per heavy atom.